The van der Waals surface area contributed by atoms with E-state index in [1.165, 1.54) is 6.42 Å². The number of carbonyl (C=O) groups is 2. The third kappa shape index (κ3) is 7.01. The molecule has 0 atom stereocenters. The molecule has 0 saturated heterocycles. The minimum absolute atomic E-state index is 0.0582. The third-order valence-electron chi connectivity index (χ3n) is 5.90. The molecule has 0 spiro atoms. The van der Waals surface area contributed by atoms with Crippen molar-refractivity contribution in [2.24, 2.45) is 0 Å². The van der Waals surface area contributed by atoms with Gasteiger partial charge in [0.1, 0.15) is 12.4 Å². The van der Waals surface area contributed by atoms with Gasteiger partial charge in [0.15, 0.2) is 5.11 Å². The molecule has 34 heavy (non-hydrogen) atoms. The fourth-order valence-corrected chi connectivity index (χ4v) is 4.26. The molecule has 2 aromatic rings. The van der Waals surface area contributed by atoms with Gasteiger partial charge >= 0.3 is 0 Å². The highest BCUT2D eigenvalue weighted by molar-refractivity contribution is 7.80. The number of benzene rings is 2. The van der Waals surface area contributed by atoms with Crippen LogP contribution in [-0.4, -0.2) is 54.7 Å². The Morgan fingerprint density at radius 3 is 2.41 bits per heavy atom. The first kappa shape index (κ1) is 25.6. The van der Waals surface area contributed by atoms with Gasteiger partial charge in [-0.2, -0.15) is 0 Å². The van der Waals surface area contributed by atoms with Crippen molar-refractivity contribution in [3.05, 3.63) is 59.7 Å². The summed E-state index contributed by atoms with van der Waals surface area (Å²) < 4.78 is 11.0. The highest BCUT2D eigenvalue weighted by Crippen LogP contribution is 2.25. The van der Waals surface area contributed by atoms with Crippen molar-refractivity contribution in [3.8, 4) is 5.75 Å². The maximum absolute atomic E-state index is 13.2. The molecule has 0 bridgehead atoms. The van der Waals surface area contributed by atoms with Gasteiger partial charge in [-0.15, -0.1) is 0 Å². The average Bonchev–Trinajstić information content (AvgIpc) is 2.86. The molecule has 0 aliphatic heterocycles. The van der Waals surface area contributed by atoms with Gasteiger partial charge in [0.05, 0.1) is 23.4 Å². The summed E-state index contributed by atoms with van der Waals surface area (Å²) in [5.41, 5.74) is 1.44. The fourth-order valence-electron chi connectivity index (χ4n) is 4.06. The Kier molecular flexibility index (Phi) is 9.85. The van der Waals surface area contributed by atoms with Crippen molar-refractivity contribution in [1.82, 2.24) is 10.2 Å². The summed E-state index contributed by atoms with van der Waals surface area (Å²) in [6.07, 6.45) is 5.58. The standard InChI is InChI=1S/C26H33N3O4S/c1-3-32-17-18-33-23-16-10-8-14-21(23)24(30)28-26(34)27-22-15-9-7-13-20(22)25(31)29(2)19-11-5-4-6-12-19/h7-10,13-16,19H,3-6,11-12,17-18H2,1-2H3,(H2,27,28,30,34). The summed E-state index contributed by atoms with van der Waals surface area (Å²) in [6.45, 7) is 3.29. The maximum Gasteiger partial charge on any atom is 0.261 e. The Balaban J connectivity index is 1.64. The molecule has 2 amide bonds. The lowest BCUT2D eigenvalue weighted by molar-refractivity contribution is 0.0697. The lowest BCUT2D eigenvalue weighted by Crippen LogP contribution is -2.39. The number of hydrogen-bond acceptors (Lipinski definition) is 5. The van der Waals surface area contributed by atoms with Gasteiger partial charge in [-0.1, -0.05) is 43.5 Å². The van der Waals surface area contributed by atoms with Gasteiger partial charge in [-0.05, 0) is 56.2 Å². The summed E-state index contributed by atoms with van der Waals surface area (Å²) in [4.78, 5) is 27.9. The van der Waals surface area contributed by atoms with Gasteiger partial charge in [-0.3, -0.25) is 14.9 Å². The smallest absolute Gasteiger partial charge is 0.261 e. The predicted molar refractivity (Wildman–Crippen MR) is 138 cm³/mol. The van der Waals surface area contributed by atoms with E-state index in [9.17, 15) is 9.59 Å². The van der Waals surface area contributed by atoms with Crippen LogP contribution in [0.3, 0.4) is 0 Å². The fraction of sp³-hybridized carbons (Fsp3) is 0.423. The summed E-state index contributed by atoms with van der Waals surface area (Å²) in [7, 11) is 1.86. The zero-order valence-corrected chi connectivity index (χ0v) is 20.7. The zero-order valence-electron chi connectivity index (χ0n) is 19.8. The van der Waals surface area contributed by atoms with Crippen LogP contribution in [0.1, 0.15) is 59.7 Å². The van der Waals surface area contributed by atoms with Crippen LogP contribution >= 0.6 is 12.2 Å². The Bertz CT molecular complexity index is 992. The summed E-state index contributed by atoms with van der Waals surface area (Å²) in [5.74, 6) is -0.00278. The number of anilines is 1. The molecule has 1 aliphatic carbocycles. The van der Waals surface area contributed by atoms with Crippen molar-refractivity contribution in [3.63, 3.8) is 0 Å². The number of nitrogens with one attached hydrogen (secondary N) is 2. The quantitative estimate of drug-likeness (QED) is 0.400. The SMILES string of the molecule is CCOCCOc1ccccc1C(=O)NC(=S)Nc1ccccc1C(=O)N(C)C1CCCCC1. The van der Waals surface area contributed by atoms with Crippen LogP contribution in [0.25, 0.3) is 0 Å². The lowest BCUT2D eigenvalue weighted by atomic mass is 9.94. The number of hydrogen-bond donors (Lipinski definition) is 2. The monoisotopic (exact) mass is 483 g/mol. The highest BCUT2D eigenvalue weighted by Gasteiger charge is 2.25. The molecule has 2 aromatic carbocycles. The van der Waals surface area contributed by atoms with Crippen LogP contribution in [0.2, 0.25) is 0 Å². The van der Waals surface area contributed by atoms with E-state index in [4.69, 9.17) is 21.7 Å². The van der Waals surface area contributed by atoms with Gasteiger partial charge in [0, 0.05) is 19.7 Å². The third-order valence-corrected chi connectivity index (χ3v) is 6.10. The Morgan fingerprint density at radius 1 is 1.00 bits per heavy atom. The van der Waals surface area contributed by atoms with Crippen LogP contribution in [0.5, 0.6) is 5.75 Å². The summed E-state index contributed by atoms with van der Waals surface area (Å²) >= 11 is 5.39. The number of nitrogens with zero attached hydrogens (tertiary/aromatic N) is 1. The molecule has 0 radical (unpaired) electrons. The molecule has 2 N–H and O–H groups in total. The van der Waals surface area contributed by atoms with Crippen LogP contribution in [-0.2, 0) is 4.74 Å². The van der Waals surface area contributed by atoms with E-state index in [0.717, 1.165) is 25.7 Å². The van der Waals surface area contributed by atoms with E-state index >= 15 is 0 Å². The van der Waals surface area contributed by atoms with Crippen LogP contribution < -0.4 is 15.4 Å². The number of carbonyl (C=O) groups excluding carboxylic acids is 2. The van der Waals surface area contributed by atoms with E-state index in [1.807, 2.05) is 31.0 Å². The van der Waals surface area contributed by atoms with E-state index in [0.29, 0.717) is 42.4 Å². The van der Waals surface area contributed by atoms with Gasteiger partial charge < -0.3 is 19.7 Å². The molecule has 7 nitrogen and oxygen atoms in total. The topological polar surface area (TPSA) is 79.9 Å². The number of amides is 2. The highest BCUT2D eigenvalue weighted by atomic mass is 32.1. The second-order valence-corrected chi connectivity index (χ2v) is 8.61. The lowest BCUT2D eigenvalue weighted by Gasteiger charge is -2.31. The first-order valence-electron chi connectivity index (χ1n) is 11.8. The number of para-hydroxylation sites is 2. The number of thiocarbonyl (C=S) groups is 1. The van der Waals surface area contributed by atoms with Crippen molar-refractivity contribution < 1.29 is 19.1 Å². The normalized spacial score (nSPS) is 13.7. The van der Waals surface area contributed by atoms with Crippen LogP contribution in [0, 0.1) is 0 Å². The second-order valence-electron chi connectivity index (χ2n) is 8.20. The first-order valence-corrected chi connectivity index (χ1v) is 12.2. The zero-order chi connectivity index (χ0) is 24.3. The predicted octanol–water partition coefficient (Wildman–Crippen LogP) is 4.63. The first-order chi connectivity index (χ1) is 16.5. The van der Waals surface area contributed by atoms with E-state index in [1.54, 1.807) is 36.4 Å². The van der Waals surface area contributed by atoms with Crippen molar-refractivity contribution in [2.45, 2.75) is 45.1 Å². The van der Waals surface area contributed by atoms with Gasteiger partial charge in [0.25, 0.3) is 11.8 Å². The molecule has 1 fully saturated rings. The summed E-state index contributed by atoms with van der Waals surface area (Å²) in [6, 6.07) is 14.4. The largest absolute Gasteiger partial charge is 0.490 e. The molecule has 8 heteroatoms. The summed E-state index contributed by atoms with van der Waals surface area (Å²) in [5, 5.41) is 5.82. The molecule has 0 aromatic heterocycles. The van der Waals surface area contributed by atoms with Crippen molar-refractivity contribution >= 4 is 34.8 Å². The molecule has 182 valence electrons. The molecular formula is C26H33N3O4S. The second kappa shape index (κ2) is 13.1. The van der Waals surface area contributed by atoms with Crippen molar-refractivity contribution in [2.75, 3.05) is 32.2 Å². The number of rotatable bonds is 9. The van der Waals surface area contributed by atoms with Crippen molar-refractivity contribution in [1.29, 1.82) is 0 Å². The average molecular weight is 484 g/mol. The van der Waals surface area contributed by atoms with E-state index < -0.39 is 5.91 Å². The molecule has 0 heterocycles. The van der Waals surface area contributed by atoms with Crippen LogP contribution in [0.4, 0.5) is 5.69 Å². The minimum atomic E-state index is -0.396. The number of ether oxygens (including phenoxy) is 2. The Morgan fingerprint density at radius 2 is 1.68 bits per heavy atom. The minimum Gasteiger partial charge on any atom is -0.490 e. The molecule has 3 rings (SSSR count). The molecule has 1 saturated carbocycles. The van der Waals surface area contributed by atoms with Gasteiger partial charge in [0.2, 0.25) is 0 Å². The van der Waals surface area contributed by atoms with Crippen LogP contribution in [0.15, 0.2) is 48.5 Å². The Labute approximate surface area is 206 Å². The van der Waals surface area contributed by atoms with E-state index in [-0.39, 0.29) is 17.1 Å². The maximum atomic E-state index is 13.2. The van der Waals surface area contributed by atoms with Gasteiger partial charge in [-0.25, -0.2) is 0 Å². The molecular weight excluding hydrogens is 450 g/mol. The van der Waals surface area contributed by atoms with E-state index in [2.05, 4.69) is 10.6 Å². The molecule has 1 aliphatic rings. The Hall–Kier alpha value is -2.97. The molecule has 0 unspecified atom stereocenters.